The van der Waals surface area contributed by atoms with Crippen molar-refractivity contribution >= 4 is 17.5 Å². The number of aromatic nitrogens is 2. The van der Waals surface area contributed by atoms with Crippen LogP contribution in [-0.4, -0.2) is 21.9 Å². The molecule has 0 atom stereocenters. The molecule has 1 aromatic heterocycles. The summed E-state index contributed by atoms with van der Waals surface area (Å²) in [6.45, 7) is 6.55. The van der Waals surface area contributed by atoms with Gasteiger partial charge in [0.2, 0.25) is 0 Å². The van der Waals surface area contributed by atoms with Gasteiger partial charge in [-0.05, 0) is 16.5 Å². The summed E-state index contributed by atoms with van der Waals surface area (Å²) < 4.78 is 38.7. The molecule has 4 nitrogen and oxygen atoms in total. The largest absolute Gasteiger partial charge is 0.394 e. The highest BCUT2D eigenvalue weighted by atomic mass is 35.5. The van der Waals surface area contributed by atoms with Gasteiger partial charge in [-0.2, -0.15) is 18.3 Å². The Morgan fingerprint density at radius 2 is 1.77 bits per heavy atom. The fourth-order valence-electron chi connectivity index (χ4n) is 2.49. The summed E-state index contributed by atoms with van der Waals surface area (Å²) in [5, 5.41) is 6.11. The van der Waals surface area contributed by atoms with Crippen molar-refractivity contribution in [3.63, 3.8) is 0 Å². The van der Waals surface area contributed by atoms with Crippen molar-refractivity contribution in [1.82, 2.24) is 15.1 Å². The molecule has 26 heavy (non-hydrogen) atoms. The minimum Gasteiger partial charge on any atom is -0.347 e. The predicted molar refractivity (Wildman–Crippen MR) is 94.3 cm³/mol. The smallest absolute Gasteiger partial charge is 0.347 e. The number of aryl methyl sites for hydroxylation is 1. The normalized spacial score (nSPS) is 12.3. The summed E-state index contributed by atoms with van der Waals surface area (Å²) in [5.41, 5.74) is 1.62. The zero-order valence-corrected chi connectivity index (χ0v) is 15.8. The molecular formula is C18H21ClF3N3O. The molecule has 0 fully saturated rings. The van der Waals surface area contributed by atoms with Gasteiger partial charge < -0.3 is 5.32 Å². The van der Waals surface area contributed by atoms with Gasteiger partial charge in [0.05, 0.1) is 17.1 Å². The van der Waals surface area contributed by atoms with E-state index in [0.29, 0.717) is 0 Å². The molecule has 2 aromatic rings. The van der Waals surface area contributed by atoms with Crippen LogP contribution in [-0.2, 0) is 25.4 Å². The number of alkyl halides is 3. The van der Waals surface area contributed by atoms with Crippen LogP contribution >= 0.6 is 11.6 Å². The van der Waals surface area contributed by atoms with Crippen molar-refractivity contribution in [2.75, 3.05) is 0 Å². The van der Waals surface area contributed by atoms with Crippen molar-refractivity contribution in [3.8, 4) is 0 Å². The first-order valence-electron chi connectivity index (χ1n) is 8.04. The average Bonchev–Trinajstić information content (AvgIpc) is 2.77. The van der Waals surface area contributed by atoms with Crippen LogP contribution in [0.1, 0.15) is 48.1 Å². The molecule has 0 aliphatic heterocycles. The lowest BCUT2D eigenvalue weighted by Gasteiger charge is -2.19. The number of hydrogen-bond acceptors (Lipinski definition) is 2. The zero-order chi connectivity index (χ0) is 19.7. The summed E-state index contributed by atoms with van der Waals surface area (Å²) in [6, 6.07) is 7.78. The third-order valence-electron chi connectivity index (χ3n) is 3.91. The van der Waals surface area contributed by atoms with Crippen molar-refractivity contribution in [2.45, 2.75) is 45.3 Å². The minimum absolute atomic E-state index is 0.0267. The number of carbonyl (C=O) groups excluding carboxylic acids is 1. The van der Waals surface area contributed by atoms with Gasteiger partial charge >= 0.3 is 6.18 Å². The molecule has 1 N–H and O–H groups in total. The maximum absolute atomic E-state index is 12.5. The summed E-state index contributed by atoms with van der Waals surface area (Å²) in [6.07, 6.45) is -5.72. The molecule has 1 aromatic carbocycles. The number of nitrogens with one attached hydrogen (secondary N) is 1. The van der Waals surface area contributed by atoms with E-state index in [4.69, 9.17) is 11.6 Å². The standard InChI is InChI=1S/C18H21ClF3N3O/c1-17(2,3)12-7-5-11(6-8-12)10-23-16(26)15-14(19)13(24-25(15)4)9-18(20,21)22/h5-8H,9-10H2,1-4H3,(H,23,26). The summed E-state index contributed by atoms with van der Waals surface area (Å²) in [5.74, 6) is -0.571. The van der Waals surface area contributed by atoms with Crippen LogP contribution in [0.3, 0.4) is 0 Å². The molecule has 1 amide bonds. The first-order chi connectivity index (χ1) is 11.9. The summed E-state index contributed by atoms with van der Waals surface area (Å²) in [7, 11) is 1.39. The van der Waals surface area contributed by atoms with Gasteiger partial charge in [-0.3, -0.25) is 9.48 Å². The minimum atomic E-state index is -4.44. The number of halogens is 4. The molecule has 0 saturated carbocycles. The van der Waals surface area contributed by atoms with E-state index < -0.39 is 18.5 Å². The molecule has 0 unspecified atom stereocenters. The van der Waals surface area contributed by atoms with E-state index >= 15 is 0 Å². The molecule has 0 spiro atoms. The third kappa shape index (κ3) is 5.00. The molecule has 0 bridgehead atoms. The first-order valence-corrected chi connectivity index (χ1v) is 8.42. The van der Waals surface area contributed by atoms with E-state index in [9.17, 15) is 18.0 Å². The molecule has 0 saturated heterocycles. The fourth-order valence-corrected chi connectivity index (χ4v) is 2.80. The maximum Gasteiger partial charge on any atom is 0.394 e. The lowest BCUT2D eigenvalue weighted by Crippen LogP contribution is -2.25. The van der Waals surface area contributed by atoms with E-state index in [-0.39, 0.29) is 28.4 Å². The number of carbonyl (C=O) groups is 1. The van der Waals surface area contributed by atoms with Crippen molar-refractivity contribution in [1.29, 1.82) is 0 Å². The second kappa shape index (κ2) is 7.31. The number of nitrogens with zero attached hydrogens (tertiary/aromatic N) is 2. The monoisotopic (exact) mass is 387 g/mol. The first kappa shape index (κ1) is 20.3. The summed E-state index contributed by atoms with van der Waals surface area (Å²) in [4.78, 5) is 12.3. The quantitative estimate of drug-likeness (QED) is 0.844. The molecule has 8 heteroatoms. The Morgan fingerprint density at radius 1 is 1.19 bits per heavy atom. The van der Waals surface area contributed by atoms with E-state index in [0.717, 1.165) is 10.2 Å². The maximum atomic E-state index is 12.5. The number of benzene rings is 1. The highest BCUT2D eigenvalue weighted by molar-refractivity contribution is 6.34. The van der Waals surface area contributed by atoms with Gasteiger partial charge in [0.1, 0.15) is 5.69 Å². The van der Waals surface area contributed by atoms with Crippen molar-refractivity contribution in [3.05, 3.63) is 51.8 Å². The zero-order valence-electron chi connectivity index (χ0n) is 15.0. The second-order valence-corrected chi connectivity index (χ2v) is 7.53. The van der Waals surface area contributed by atoms with Crippen LogP contribution in [0.4, 0.5) is 13.2 Å². The number of amides is 1. The van der Waals surface area contributed by atoms with Crippen LogP contribution < -0.4 is 5.32 Å². The third-order valence-corrected chi connectivity index (χ3v) is 4.31. The highest BCUT2D eigenvalue weighted by Crippen LogP contribution is 2.28. The van der Waals surface area contributed by atoms with Gasteiger partial charge in [-0.25, -0.2) is 0 Å². The Labute approximate surface area is 155 Å². The number of rotatable bonds is 4. The molecule has 1 heterocycles. The van der Waals surface area contributed by atoms with Crippen molar-refractivity contribution in [2.24, 2.45) is 7.05 Å². The molecule has 2 rings (SSSR count). The molecule has 0 aliphatic rings. The molecule has 142 valence electrons. The average molecular weight is 388 g/mol. The molecule has 0 radical (unpaired) electrons. The van der Waals surface area contributed by atoms with Gasteiger partial charge in [0.15, 0.2) is 0 Å². The summed E-state index contributed by atoms with van der Waals surface area (Å²) >= 11 is 5.94. The Balaban J connectivity index is 2.09. The molecule has 0 aliphatic carbocycles. The van der Waals surface area contributed by atoms with Crippen molar-refractivity contribution < 1.29 is 18.0 Å². The van der Waals surface area contributed by atoms with Crippen LogP contribution in [0.2, 0.25) is 5.02 Å². The van der Waals surface area contributed by atoms with Crippen LogP contribution in [0.5, 0.6) is 0 Å². The lowest BCUT2D eigenvalue weighted by atomic mass is 9.87. The Kier molecular flexibility index (Phi) is 5.70. The predicted octanol–water partition coefficient (Wildman–Crippen LogP) is 4.41. The van der Waals surface area contributed by atoms with Crippen LogP contribution in [0.25, 0.3) is 0 Å². The molecular weight excluding hydrogens is 367 g/mol. The van der Waals surface area contributed by atoms with Gasteiger partial charge in [0.25, 0.3) is 5.91 Å². The van der Waals surface area contributed by atoms with Crippen LogP contribution in [0.15, 0.2) is 24.3 Å². The van der Waals surface area contributed by atoms with E-state index in [1.807, 2.05) is 24.3 Å². The highest BCUT2D eigenvalue weighted by Gasteiger charge is 2.32. The lowest BCUT2D eigenvalue weighted by molar-refractivity contribution is -0.127. The van der Waals surface area contributed by atoms with E-state index in [1.54, 1.807) is 0 Å². The number of hydrogen-bond donors (Lipinski definition) is 1. The van der Waals surface area contributed by atoms with Gasteiger partial charge in [-0.15, -0.1) is 0 Å². The SMILES string of the molecule is Cn1nc(CC(F)(F)F)c(Cl)c1C(=O)NCc1ccc(C(C)(C)C)cc1. The topological polar surface area (TPSA) is 46.9 Å². The van der Waals surface area contributed by atoms with Gasteiger partial charge in [0, 0.05) is 13.6 Å². The van der Waals surface area contributed by atoms with E-state index in [1.165, 1.54) is 12.6 Å². The van der Waals surface area contributed by atoms with Gasteiger partial charge in [-0.1, -0.05) is 56.6 Å². The Morgan fingerprint density at radius 3 is 2.27 bits per heavy atom. The Bertz CT molecular complexity index is 790. The fraction of sp³-hybridized carbons (Fsp3) is 0.444. The van der Waals surface area contributed by atoms with E-state index in [2.05, 4.69) is 31.2 Å². The Hall–Kier alpha value is -2.02. The second-order valence-electron chi connectivity index (χ2n) is 7.15. The van der Waals surface area contributed by atoms with Crippen LogP contribution in [0, 0.1) is 0 Å².